The summed E-state index contributed by atoms with van der Waals surface area (Å²) in [5.74, 6) is 0.0791. The fourth-order valence-electron chi connectivity index (χ4n) is 2.89. The summed E-state index contributed by atoms with van der Waals surface area (Å²) in [6, 6.07) is 9.71. The largest absolute Gasteiger partial charge is 0.387 e. The molecule has 3 rings (SSSR count). The molecule has 24 heavy (non-hydrogen) atoms. The Kier molecular flexibility index (Phi) is 5.60. The van der Waals surface area contributed by atoms with Crippen LogP contribution in [0, 0.1) is 0 Å². The summed E-state index contributed by atoms with van der Waals surface area (Å²) < 4.78 is 0. The molecule has 1 aliphatic rings. The third-order valence-corrected chi connectivity index (χ3v) is 5.47. The number of carbonyl (C=O) groups is 1. The average Bonchev–Trinajstić information content (AvgIpc) is 3.11. The summed E-state index contributed by atoms with van der Waals surface area (Å²) in [5, 5.41) is 11.3. The van der Waals surface area contributed by atoms with Crippen molar-refractivity contribution in [2.75, 3.05) is 32.7 Å². The van der Waals surface area contributed by atoms with Gasteiger partial charge in [0.1, 0.15) is 4.88 Å². The van der Waals surface area contributed by atoms with Crippen LogP contribution in [0.1, 0.15) is 33.3 Å². The van der Waals surface area contributed by atoms with E-state index < -0.39 is 6.10 Å². The molecule has 0 spiro atoms. The number of amides is 1. The second kappa shape index (κ2) is 7.88. The lowest BCUT2D eigenvalue weighted by Gasteiger charge is -2.35. The van der Waals surface area contributed by atoms with Crippen LogP contribution < -0.4 is 0 Å². The lowest BCUT2D eigenvalue weighted by Crippen LogP contribution is -2.49. The third-order valence-electron chi connectivity index (χ3n) is 4.34. The fourth-order valence-corrected chi connectivity index (χ4v) is 3.71. The molecule has 6 heteroatoms. The Balaban J connectivity index is 1.51. The SMILES string of the molecule is CCc1ncc(C(=O)N2CCN(C[C@H](O)c3ccccc3)CC2)s1. The maximum absolute atomic E-state index is 12.5. The van der Waals surface area contributed by atoms with E-state index >= 15 is 0 Å². The molecule has 5 nitrogen and oxygen atoms in total. The average molecular weight is 345 g/mol. The summed E-state index contributed by atoms with van der Waals surface area (Å²) in [6.07, 6.45) is 2.07. The molecule has 0 bridgehead atoms. The van der Waals surface area contributed by atoms with Crippen LogP contribution in [0.25, 0.3) is 0 Å². The molecule has 1 aromatic heterocycles. The predicted molar refractivity (Wildman–Crippen MR) is 95.2 cm³/mol. The Morgan fingerprint density at radius 3 is 2.58 bits per heavy atom. The molecule has 0 saturated carbocycles. The quantitative estimate of drug-likeness (QED) is 0.903. The summed E-state index contributed by atoms with van der Waals surface area (Å²) in [5.41, 5.74) is 0.938. The van der Waals surface area contributed by atoms with Crippen molar-refractivity contribution < 1.29 is 9.90 Å². The first-order chi connectivity index (χ1) is 11.7. The standard InChI is InChI=1S/C18H23N3O2S/c1-2-17-19-12-16(24-17)18(23)21-10-8-20(9-11-21)13-15(22)14-6-4-3-5-7-14/h3-7,12,15,22H,2,8-11,13H2,1H3/t15-/m0/s1. The number of aryl methyl sites for hydroxylation is 1. The van der Waals surface area contributed by atoms with Crippen molar-refractivity contribution >= 4 is 17.2 Å². The number of β-amino-alcohol motifs (C(OH)–C–C–N with tert-alkyl or cyclic N) is 1. The number of thiazole rings is 1. The molecule has 128 valence electrons. The minimum atomic E-state index is -0.484. The van der Waals surface area contributed by atoms with Gasteiger partial charge in [-0.05, 0) is 12.0 Å². The number of hydrogen-bond donors (Lipinski definition) is 1. The van der Waals surface area contributed by atoms with Crippen molar-refractivity contribution in [2.24, 2.45) is 0 Å². The van der Waals surface area contributed by atoms with Gasteiger partial charge in [-0.3, -0.25) is 9.69 Å². The second-order valence-corrected chi connectivity index (χ2v) is 7.11. The van der Waals surface area contributed by atoms with Gasteiger partial charge >= 0.3 is 0 Å². The van der Waals surface area contributed by atoms with Gasteiger partial charge in [0.05, 0.1) is 17.3 Å². The Morgan fingerprint density at radius 1 is 1.25 bits per heavy atom. The highest BCUT2D eigenvalue weighted by atomic mass is 32.1. The molecule has 2 aromatic rings. The van der Waals surface area contributed by atoms with Crippen molar-refractivity contribution in [1.82, 2.24) is 14.8 Å². The summed E-state index contributed by atoms with van der Waals surface area (Å²) in [7, 11) is 0. The molecule has 0 unspecified atom stereocenters. The van der Waals surface area contributed by atoms with E-state index in [0.29, 0.717) is 19.6 Å². The van der Waals surface area contributed by atoms with Crippen molar-refractivity contribution in [1.29, 1.82) is 0 Å². The van der Waals surface area contributed by atoms with Gasteiger partial charge in [-0.25, -0.2) is 4.98 Å². The minimum Gasteiger partial charge on any atom is -0.387 e. The smallest absolute Gasteiger partial charge is 0.265 e. The molecule has 0 radical (unpaired) electrons. The molecular formula is C18H23N3O2S. The minimum absolute atomic E-state index is 0.0791. The van der Waals surface area contributed by atoms with Gasteiger partial charge in [0.25, 0.3) is 5.91 Å². The molecule has 0 aliphatic carbocycles. The number of aliphatic hydroxyl groups excluding tert-OH is 1. The number of nitrogens with zero attached hydrogens (tertiary/aromatic N) is 3. The highest BCUT2D eigenvalue weighted by molar-refractivity contribution is 7.13. The van der Waals surface area contributed by atoms with Crippen LogP contribution in [0.5, 0.6) is 0 Å². The van der Waals surface area contributed by atoms with Gasteiger partial charge in [0.15, 0.2) is 0 Å². The van der Waals surface area contributed by atoms with Crippen LogP contribution in [-0.2, 0) is 6.42 Å². The molecule has 1 aromatic carbocycles. The number of benzene rings is 1. The summed E-state index contributed by atoms with van der Waals surface area (Å²) in [6.45, 7) is 5.61. The van der Waals surface area contributed by atoms with Gasteiger partial charge in [-0.15, -0.1) is 11.3 Å². The van der Waals surface area contributed by atoms with Gasteiger partial charge < -0.3 is 10.0 Å². The topological polar surface area (TPSA) is 56.7 Å². The van der Waals surface area contributed by atoms with Crippen molar-refractivity contribution in [3.8, 4) is 0 Å². The van der Waals surface area contributed by atoms with E-state index in [-0.39, 0.29) is 5.91 Å². The number of hydrogen-bond acceptors (Lipinski definition) is 5. The van der Waals surface area contributed by atoms with E-state index in [4.69, 9.17) is 0 Å². The number of carbonyl (C=O) groups excluding carboxylic acids is 1. The second-order valence-electron chi connectivity index (χ2n) is 5.99. The monoisotopic (exact) mass is 345 g/mol. The Labute approximate surface area is 146 Å². The molecule has 1 aliphatic heterocycles. The van der Waals surface area contributed by atoms with E-state index in [9.17, 15) is 9.90 Å². The number of aromatic nitrogens is 1. The van der Waals surface area contributed by atoms with Gasteiger partial charge in [0, 0.05) is 32.7 Å². The first-order valence-electron chi connectivity index (χ1n) is 8.36. The van der Waals surface area contributed by atoms with E-state index in [1.165, 1.54) is 11.3 Å². The zero-order valence-electron chi connectivity index (χ0n) is 13.9. The maximum atomic E-state index is 12.5. The Morgan fingerprint density at radius 2 is 1.96 bits per heavy atom. The molecule has 1 saturated heterocycles. The zero-order chi connectivity index (χ0) is 16.9. The lowest BCUT2D eigenvalue weighted by molar-refractivity contribution is 0.0531. The summed E-state index contributed by atoms with van der Waals surface area (Å²) >= 11 is 1.49. The van der Waals surface area contributed by atoms with Crippen LogP contribution in [0.4, 0.5) is 0 Å². The first-order valence-corrected chi connectivity index (χ1v) is 9.18. The van der Waals surface area contributed by atoms with Crippen LogP contribution in [0.2, 0.25) is 0 Å². The number of aliphatic hydroxyl groups is 1. The van der Waals surface area contributed by atoms with Gasteiger partial charge in [0.2, 0.25) is 0 Å². The number of piperazine rings is 1. The maximum Gasteiger partial charge on any atom is 0.265 e. The van der Waals surface area contributed by atoms with E-state index in [1.54, 1.807) is 6.20 Å². The molecule has 1 amide bonds. The van der Waals surface area contributed by atoms with Crippen molar-refractivity contribution in [2.45, 2.75) is 19.4 Å². The highest BCUT2D eigenvalue weighted by Gasteiger charge is 2.24. The van der Waals surface area contributed by atoms with Crippen LogP contribution in [0.15, 0.2) is 36.5 Å². The normalized spacial score (nSPS) is 17.0. The first kappa shape index (κ1) is 17.1. The summed E-state index contributed by atoms with van der Waals surface area (Å²) in [4.78, 5) is 21.6. The molecule has 1 atom stereocenters. The van der Waals surface area contributed by atoms with Crippen LogP contribution in [0.3, 0.4) is 0 Å². The highest BCUT2D eigenvalue weighted by Crippen LogP contribution is 2.18. The zero-order valence-corrected chi connectivity index (χ0v) is 14.7. The lowest BCUT2D eigenvalue weighted by atomic mass is 10.1. The molecule has 2 heterocycles. The van der Waals surface area contributed by atoms with E-state index in [1.807, 2.05) is 42.2 Å². The van der Waals surface area contributed by atoms with E-state index in [2.05, 4.69) is 9.88 Å². The Bertz CT molecular complexity index is 666. The van der Waals surface area contributed by atoms with E-state index in [0.717, 1.165) is 35.0 Å². The van der Waals surface area contributed by atoms with Crippen LogP contribution in [-0.4, -0.2) is 58.5 Å². The van der Waals surface area contributed by atoms with Crippen molar-refractivity contribution in [3.05, 3.63) is 52.0 Å². The fraction of sp³-hybridized carbons (Fsp3) is 0.444. The molecule has 1 N–H and O–H groups in total. The van der Waals surface area contributed by atoms with Crippen LogP contribution >= 0.6 is 11.3 Å². The molecular weight excluding hydrogens is 322 g/mol. The third kappa shape index (κ3) is 4.01. The predicted octanol–water partition coefficient (Wildman–Crippen LogP) is 2.20. The van der Waals surface area contributed by atoms with Gasteiger partial charge in [-0.2, -0.15) is 0 Å². The molecule has 1 fully saturated rings. The number of rotatable bonds is 5. The van der Waals surface area contributed by atoms with Crippen molar-refractivity contribution in [3.63, 3.8) is 0 Å². The van der Waals surface area contributed by atoms with Gasteiger partial charge in [-0.1, -0.05) is 37.3 Å². The Hall–Kier alpha value is -1.76.